The second kappa shape index (κ2) is 5.62. The second-order valence-electron chi connectivity index (χ2n) is 5.85. The van der Waals surface area contributed by atoms with Crippen LogP contribution in [0.25, 0.3) is 28.1 Å². The SMILES string of the molecule is O=c1[nH]c2cnc(-n3cnc4ccccc43)nc2n1Cc1ccccn1. The Morgan fingerprint density at radius 3 is 2.77 bits per heavy atom. The van der Waals surface area contributed by atoms with Crippen LogP contribution in [0, 0.1) is 0 Å². The van der Waals surface area contributed by atoms with Crippen LogP contribution in [0.1, 0.15) is 5.69 Å². The summed E-state index contributed by atoms with van der Waals surface area (Å²) in [5.74, 6) is 0.458. The number of hydrogen-bond acceptors (Lipinski definition) is 5. The van der Waals surface area contributed by atoms with Gasteiger partial charge in [-0.05, 0) is 24.3 Å². The molecule has 0 aliphatic heterocycles. The molecular weight excluding hydrogens is 330 g/mol. The van der Waals surface area contributed by atoms with Crippen molar-refractivity contribution in [2.45, 2.75) is 6.54 Å². The summed E-state index contributed by atoms with van der Waals surface area (Å²) < 4.78 is 3.36. The van der Waals surface area contributed by atoms with Gasteiger partial charge >= 0.3 is 5.69 Å². The number of benzene rings is 1. The van der Waals surface area contributed by atoms with Crippen molar-refractivity contribution in [3.05, 3.63) is 77.4 Å². The van der Waals surface area contributed by atoms with Gasteiger partial charge in [-0.2, -0.15) is 4.98 Å². The van der Waals surface area contributed by atoms with Crippen molar-refractivity contribution in [1.29, 1.82) is 0 Å². The van der Waals surface area contributed by atoms with E-state index in [1.807, 2.05) is 42.5 Å². The smallest absolute Gasteiger partial charge is 0.303 e. The normalized spacial score (nSPS) is 11.4. The van der Waals surface area contributed by atoms with Crippen LogP contribution in [0.4, 0.5) is 0 Å². The summed E-state index contributed by atoms with van der Waals surface area (Å²) in [6.45, 7) is 0.334. The summed E-state index contributed by atoms with van der Waals surface area (Å²) in [6, 6.07) is 13.3. The highest BCUT2D eigenvalue weighted by molar-refractivity contribution is 5.77. The summed E-state index contributed by atoms with van der Waals surface area (Å²) in [6.07, 6.45) is 5.00. The van der Waals surface area contributed by atoms with Crippen LogP contribution in [0.15, 0.2) is 66.0 Å². The highest BCUT2D eigenvalue weighted by atomic mass is 16.1. The van der Waals surface area contributed by atoms with E-state index in [1.165, 1.54) is 0 Å². The number of nitrogens with zero attached hydrogens (tertiary/aromatic N) is 6. The van der Waals surface area contributed by atoms with E-state index < -0.39 is 0 Å². The van der Waals surface area contributed by atoms with E-state index in [9.17, 15) is 4.79 Å². The van der Waals surface area contributed by atoms with Gasteiger partial charge in [0.1, 0.15) is 11.8 Å². The molecule has 0 aliphatic carbocycles. The minimum absolute atomic E-state index is 0.243. The number of imidazole rings is 2. The largest absolute Gasteiger partial charge is 0.328 e. The van der Waals surface area contributed by atoms with Crippen LogP contribution in [0.5, 0.6) is 0 Å². The van der Waals surface area contributed by atoms with Crippen molar-refractivity contribution >= 4 is 22.2 Å². The van der Waals surface area contributed by atoms with Crippen LogP contribution in [-0.2, 0) is 6.54 Å². The number of H-pyrrole nitrogens is 1. The lowest BCUT2D eigenvalue weighted by molar-refractivity contribution is 0.754. The third kappa shape index (κ3) is 2.27. The number of para-hydroxylation sites is 2. The topological polar surface area (TPSA) is 94.3 Å². The number of hydrogen-bond donors (Lipinski definition) is 1. The zero-order chi connectivity index (χ0) is 17.5. The molecule has 26 heavy (non-hydrogen) atoms. The Morgan fingerprint density at radius 1 is 1.00 bits per heavy atom. The monoisotopic (exact) mass is 343 g/mol. The number of aromatic nitrogens is 7. The maximum Gasteiger partial charge on any atom is 0.328 e. The lowest BCUT2D eigenvalue weighted by Gasteiger charge is -2.05. The third-order valence-corrected chi connectivity index (χ3v) is 4.21. The molecule has 0 atom stereocenters. The van der Waals surface area contributed by atoms with E-state index in [2.05, 4.69) is 24.9 Å². The first-order valence-corrected chi connectivity index (χ1v) is 8.07. The summed E-state index contributed by atoms with van der Waals surface area (Å²) in [7, 11) is 0. The van der Waals surface area contributed by atoms with Crippen LogP contribution in [-0.4, -0.2) is 34.1 Å². The van der Waals surface area contributed by atoms with Gasteiger partial charge in [0.2, 0.25) is 5.95 Å². The maximum atomic E-state index is 12.3. The standard InChI is InChI=1S/C18H13N7O/c26-18-22-14-9-20-17(25-11-21-13-6-1-2-7-15(13)25)23-16(14)24(18)10-12-5-3-4-8-19-12/h1-9,11H,10H2,(H,22,26). The van der Waals surface area contributed by atoms with Gasteiger partial charge in [-0.15, -0.1) is 0 Å². The van der Waals surface area contributed by atoms with E-state index in [-0.39, 0.29) is 5.69 Å². The van der Waals surface area contributed by atoms with Gasteiger partial charge in [0.15, 0.2) is 5.65 Å². The number of nitrogens with one attached hydrogen (secondary N) is 1. The quantitative estimate of drug-likeness (QED) is 0.540. The molecule has 0 bridgehead atoms. The van der Waals surface area contributed by atoms with Gasteiger partial charge in [0.25, 0.3) is 0 Å². The molecule has 8 heteroatoms. The molecule has 5 rings (SSSR count). The summed E-state index contributed by atoms with van der Waals surface area (Å²) in [5.41, 5.74) is 3.41. The fourth-order valence-corrected chi connectivity index (χ4v) is 2.97. The Morgan fingerprint density at radius 2 is 1.88 bits per heavy atom. The van der Waals surface area contributed by atoms with Crippen molar-refractivity contribution < 1.29 is 0 Å². The fraction of sp³-hybridized carbons (Fsp3) is 0.0556. The first-order valence-electron chi connectivity index (χ1n) is 8.07. The lowest BCUT2D eigenvalue weighted by Crippen LogP contribution is -2.18. The van der Waals surface area contributed by atoms with Crippen LogP contribution in [0.2, 0.25) is 0 Å². The summed E-state index contributed by atoms with van der Waals surface area (Å²) in [5, 5.41) is 0. The Labute approximate surface area is 146 Å². The molecule has 8 nitrogen and oxygen atoms in total. The van der Waals surface area contributed by atoms with Gasteiger partial charge < -0.3 is 4.98 Å². The van der Waals surface area contributed by atoms with Crippen molar-refractivity contribution in [3.63, 3.8) is 0 Å². The van der Waals surface area contributed by atoms with E-state index in [0.717, 1.165) is 16.7 Å². The fourth-order valence-electron chi connectivity index (χ4n) is 2.97. The second-order valence-corrected chi connectivity index (χ2v) is 5.85. The molecule has 0 unspecified atom stereocenters. The van der Waals surface area contributed by atoms with Crippen molar-refractivity contribution in [3.8, 4) is 5.95 Å². The first-order chi connectivity index (χ1) is 12.8. The van der Waals surface area contributed by atoms with Crippen LogP contribution in [0.3, 0.4) is 0 Å². The van der Waals surface area contributed by atoms with Gasteiger partial charge in [-0.1, -0.05) is 18.2 Å². The molecule has 0 fully saturated rings. The minimum Gasteiger partial charge on any atom is -0.303 e. The molecule has 0 amide bonds. The molecule has 5 aromatic rings. The molecule has 0 spiro atoms. The number of fused-ring (bicyclic) bond motifs is 2. The molecule has 0 saturated carbocycles. The molecule has 0 saturated heterocycles. The molecule has 0 aliphatic rings. The van der Waals surface area contributed by atoms with Crippen LogP contribution < -0.4 is 5.69 Å². The molecule has 4 heterocycles. The van der Waals surface area contributed by atoms with Crippen molar-refractivity contribution in [1.82, 2.24) is 34.1 Å². The maximum absolute atomic E-state index is 12.3. The predicted octanol–water partition coefficient (Wildman–Crippen LogP) is 1.90. The summed E-state index contributed by atoms with van der Waals surface area (Å²) >= 11 is 0. The lowest BCUT2D eigenvalue weighted by atomic mass is 10.3. The van der Waals surface area contributed by atoms with E-state index in [4.69, 9.17) is 0 Å². The van der Waals surface area contributed by atoms with E-state index >= 15 is 0 Å². The molecule has 1 N–H and O–H groups in total. The van der Waals surface area contributed by atoms with E-state index in [1.54, 1.807) is 27.9 Å². The third-order valence-electron chi connectivity index (χ3n) is 4.21. The van der Waals surface area contributed by atoms with Crippen LogP contribution >= 0.6 is 0 Å². The van der Waals surface area contributed by atoms with Gasteiger partial charge in [-0.25, -0.2) is 14.8 Å². The number of rotatable bonds is 3. The zero-order valence-electron chi connectivity index (χ0n) is 13.6. The molecule has 4 aromatic heterocycles. The Bertz CT molecular complexity index is 1280. The molecular formula is C18H13N7O. The molecule has 1 aromatic carbocycles. The Balaban J connectivity index is 1.67. The first kappa shape index (κ1) is 14.5. The van der Waals surface area contributed by atoms with Gasteiger partial charge in [0.05, 0.1) is 29.5 Å². The predicted molar refractivity (Wildman–Crippen MR) is 96.1 cm³/mol. The average molecular weight is 343 g/mol. The highest BCUT2D eigenvalue weighted by Crippen LogP contribution is 2.17. The number of aromatic amines is 1. The Kier molecular flexibility index (Phi) is 3.14. The Hall–Kier alpha value is -3.81. The minimum atomic E-state index is -0.243. The molecule has 0 radical (unpaired) electrons. The summed E-state index contributed by atoms with van der Waals surface area (Å²) in [4.78, 5) is 32.8. The van der Waals surface area contributed by atoms with Crippen molar-refractivity contribution in [2.75, 3.05) is 0 Å². The van der Waals surface area contributed by atoms with Crippen molar-refractivity contribution in [2.24, 2.45) is 0 Å². The van der Waals surface area contributed by atoms with E-state index in [0.29, 0.717) is 23.7 Å². The van der Waals surface area contributed by atoms with Gasteiger partial charge in [0, 0.05) is 6.20 Å². The average Bonchev–Trinajstić information content (AvgIpc) is 3.24. The van der Waals surface area contributed by atoms with Gasteiger partial charge in [-0.3, -0.25) is 14.1 Å². The zero-order valence-corrected chi connectivity index (χ0v) is 13.6. The highest BCUT2D eigenvalue weighted by Gasteiger charge is 2.13. The molecule has 126 valence electrons. The number of pyridine rings is 1.